The number of para-hydroxylation sites is 2. The molecule has 2 unspecified atom stereocenters. The zero-order valence-electron chi connectivity index (χ0n) is 17.0. The van der Waals surface area contributed by atoms with E-state index in [1.807, 2.05) is 43.4 Å². The topological polar surface area (TPSA) is 48.4 Å². The van der Waals surface area contributed by atoms with Gasteiger partial charge in [0.05, 0.1) is 21.7 Å². The van der Waals surface area contributed by atoms with Crippen molar-refractivity contribution in [2.45, 2.75) is 23.6 Å². The molecule has 2 N–H and O–H groups in total. The third-order valence-corrected chi connectivity index (χ3v) is 6.37. The minimum atomic E-state index is 0.0728. The van der Waals surface area contributed by atoms with Crippen LogP contribution in [0.4, 0.5) is 17.1 Å². The Balaban J connectivity index is 1.98. The van der Waals surface area contributed by atoms with E-state index in [0.29, 0.717) is 0 Å². The van der Waals surface area contributed by atoms with Crippen molar-refractivity contribution in [2.24, 2.45) is 0 Å². The van der Waals surface area contributed by atoms with Crippen LogP contribution in [0.3, 0.4) is 0 Å². The first-order valence-electron chi connectivity index (χ1n) is 9.79. The summed E-state index contributed by atoms with van der Waals surface area (Å²) < 4.78 is 0. The highest BCUT2D eigenvalue weighted by molar-refractivity contribution is 9.09. The van der Waals surface area contributed by atoms with Crippen molar-refractivity contribution in [2.75, 3.05) is 17.3 Å². The number of anilines is 3. The van der Waals surface area contributed by atoms with Crippen molar-refractivity contribution in [3.63, 3.8) is 0 Å². The fourth-order valence-electron chi connectivity index (χ4n) is 3.74. The second-order valence-electron chi connectivity index (χ2n) is 7.37. The summed E-state index contributed by atoms with van der Waals surface area (Å²) in [5.74, 6) is 0.215. The molecule has 6 heteroatoms. The average Bonchev–Trinajstić information content (AvgIpc) is 2.72. The van der Waals surface area contributed by atoms with Crippen LogP contribution in [0.1, 0.15) is 24.2 Å². The molecular formula is C24H23Br2N3O. The number of alkyl halides is 2. The fourth-order valence-corrected chi connectivity index (χ4v) is 4.44. The molecule has 0 aliphatic heterocycles. The second-order valence-corrected chi connectivity index (χ2v) is 10.1. The molecule has 3 aromatic carbocycles. The third kappa shape index (κ3) is 3.86. The van der Waals surface area contributed by atoms with Gasteiger partial charge in [0.15, 0.2) is 0 Å². The number of hydrogen-bond acceptors (Lipinski definition) is 4. The van der Waals surface area contributed by atoms with Crippen molar-refractivity contribution in [3.05, 3.63) is 66.2 Å². The van der Waals surface area contributed by atoms with Crippen LogP contribution in [0.2, 0.25) is 0 Å². The fraction of sp³-hybridized carbons (Fsp3) is 0.208. The SMILES string of the molecule is CC(Br)c1c(Nc2c3ccccc3nc3ccccc23)cc(O)cc1N(C)C(C)Br. The van der Waals surface area contributed by atoms with Crippen LogP contribution in [-0.4, -0.2) is 22.1 Å². The van der Waals surface area contributed by atoms with Crippen LogP contribution >= 0.6 is 31.9 Å². The van der Waals surface area contributed by atoms with Crippen molar-refractivity contribution in [1.82, 2.24) is 4.98 Å². The monoisotopic (exact) mass is 527 g/mol. The number of pyridine rings is 1. The van der Waals surface area contributed by atoms with Crippen LogP contribution in [0.5, 0.6) is 5.75 Å². The molecule has 0 fully saturated rings. The summed E-state index contributed by atoms with van der Waals surface area (Å²) in [5, 5.41) is 16.2. The van der Waals surface area contributed by atoms with Gasteiger partial charge in [0.25, 0.3) is 0 Å². The summed E-state index contributed by atoms with van der Waals surface area (Å²) in [6.07, 6.45) is 0. The largest absolute Gasteiger partial charge is 0.508 e. The van der Waals surface area contributed by atoms with E-state index in [1.54, 1.807) is 12.1 Å². The average molecular weight is 529 g/mol. The lowest BCUT2D eigenvalue weighted by molar-refractivity contribution is 0.475. The lowest BCUT2D eigenvalue weighted by Crippen LogP contribution is -2.24. The van der Waals surface area contributed by atoms with Crippen molar-refractivity contribution >= 4 is 70.7 Å². The molecule has 4 aromatic rings. The minimum Gasteiger partial charge on any atom is -0.508 e. The van der Waals surface area contributed by atoms with Gasteiger partial charge in [-0.05, 0) is 26.0 Å². The van der Waals surface area contributed by atoms with Crippen molar-refractivity contribution < 1.29 is 5.11 Å². The van der Waals surface area contributed by atoms with E-state index in [0.717, 1.165) is 44.4 Å². The van der Waals surface area contributed by atoms with Gasteiger partial charge in [-0.1, -0.05) is 68.3 Å². The maximum absolute atomic E-state index is 10.5. The zero-order valence-corrected chi connectivity index (χ0v) is 20.2. The second kappa shape index (κ2) is 8.44. The van der Waals surface area contributed by atoms with Crippen molar-refractivity contribution in [1.29, 1.82) is 0 Å². The molecule has 0 aliphatic rings. The highest BCUT2D eigenvalue weighted by atomic mass is 79.9. The van der Waals surface area contributed by atoms with Gasteiger partial charge in [0, 0.05) is 51.7 Å². The van der Waals surface area contributed by atoms with E-state index in [2.05, 4.69) is 68.1 Å². The summed E-state index contributed by atoms with van der Waals surface area (Å²) in [7, 11) is 2.01. The Morgan fingerprint density at radius 1 is 0.933 bits per heavy atom. The first kappa shape index (κ1) is 20.9. The van der Waals surface area contributed by atoms with E-state index < -0.39 is 0 Å². The van der Waals surface area contributed by atoms with Gasteiger partial charge in [-0.3, -0.25) is 0 Å². The van der Waals surface area contributed by atoms with E-state index in [9.17, 15) is 5.11 Å². The Morgan fingerprint density at radius 2 is 1.50 bits per heavy atom. The number of hydrogen-bond donors (Lipinski definition) is 2. The normalized spacial score (nSPS) is 13.4. The summed E-state index contributed by atoms with van der Waals surface area (Å²) in [5.41, 5.74) is 5.73. The number of nitrogens with zero attached hydrogens (tertiary/aromatic N) is 2. The van der Waals surface area contributed by atoms with Crippen molar-refractivity contribution in [3.8, 4) is 5.75 Å². The molecule has 0 spiro atoms. The molecule has 4 rings (SSSR count). The molecule has 1 aromatic heterocycles. The Kier molecular flexibility index (Phi) is 5.89. The van der Waals surface area contributed by atoms with Crippen LogP contribution in [0.25, 0.3) is 21.8 Å². The van der Waals surface area contributed by atoms with E-state index >= 15 is 0 Å². The molecule has 4 nitrogen and oxygen atoms in total. The minimum absolute atomic E-state index is 0.0728. The number of benzene rings is 3. The maximum Gasteiger partial charge on any atom is 0.119 e. The lowest BCUT2D eigenvalue weighted by atomic mass is 10.0. The molecule has 0 radical (unpaired) electrons. The predicted octanol–water partition coefficient (Wildman–Crippen LogP) is 7.47. The van der Waals surface area contributed by atoms with Crippen LogP contribution in [0.15, 0.2) is 60.7 Å². The quantitative estimate of drug-likeness (QED) is 0.160. The van der Waals surface area contributed by atoms with Gasteiger partial charge in [-0.25, -0.2) is 4.98 Å². The van der Waals surface area contributed by atoms with Gasteiger partial charge in [0.1, 0.15) is 5.75 Å². The molecule has 0 aliphatic carbocycles. The van der Waals surface area contributed by atoms with Gasteiger partial charge < -0.3 is 15.3 Å². The molecule has 0 saturated carbocycles. The number of phenolic OH excluding ortho intramolecular Hbond substituents is 1. The third-order valence-electron chi connectivity index (χ3n) is 5.30. The Hall–Kier alpha value is -2.31. The predicted molar refractivity (Wildman–Crippen MR) is 135 cm³/mol. The Bertz CT molecular complexity index is 1170. The number of fused-ring (bicyclic) bond motifs is 2. The Morgan fingerprint density at radius 3 is 2.03 bits per heavy atom. The molecule has 154 valence electrons. The van der Waals surface area contributed by atoms with Gasteiger partial charge in [-0.2, -0.15) is 0 Å². The summed E-state index contributed by atoms with van der Waals surface area (Å²) in [6.45, 7) is 4.15. The molecule has 2 atom stereocenters. The first-order chi connectivity index (χ1) is 14.4. The molecule has 0 bridgehead atoms. The highest BCUT2D eigenvalue weighted by Crippen LogP contribution is 2.43. The smallest absolute Gasteiger partial charge is 0.119 e. The number of phenols is 1. The number of halogens is 2. The van der Waals surface area contributed by atoms with E-state index in [4.69, 9.17) is 4.98 Å². The lowest BCUT2D eigenvalue weighted by Gasteiger charge is -2.28. The van der Waals surface area contributed by atoms with E-state index in [1.165, 1.54) is 0 Å². The summed E-state index contributed by atoms with van der Waals surface area (Å²) in [6, 6.07) is 19.8. The number of rotatable bonds is 5. The standard InChI is InChI=1S/C24H23Br2N3O/c1-14(25)23-21(12-16(30)13-22(23)29(3)15(2)26)28-24-17-8-4-6-10-19(17)27-20-11-7-5-9-18(20)24/h4-15,30H,1-3H3,(H,27,28). The van der Waals surface area contributed by atoms with Gasteiger partial charge in [-0.15, -0.1) is 0 Å². The van der Waals surface area contributed by atoms with E-state index in [-0.39, 0.29) is 15.5 Å². The summed E-state index contributed by atoms with van der Waals surface area (Å²) >= 11 is 7.40. The van der Waals surface area contributed by atoms with Gasteiger partial charge in [0.2, 0.25) is 0 Å². The van der Waals surface area contributed by atoms with Crippen LogP contribution in [-0.2, 0) is 0 Å². The number of nitrogens with one attached hydrogen (secondary N) is 1. The molecule has 0 amide bonds. The first-order valence-corrected chi connectivity index (χ1v) is 11.6. The maximum atomic E-state index is 10.5. The van der Waals surface area contributed by atoms with Crippen LogP contribution < -0.4 is 10.2 Å². The molecular weight excluding hydrogens is 506 g/mol. The number of aromatic nitrogens is 1. The van der Waals surface area contributed by atoms with Gasteiger partial charge >= 0.3 is 0 Å². The molecule has 30 heavy (non-hydrogen) atoms. The number of aromatic hydroxyl groups is 1. The summed E-state index contributed by atoms with van der Waals surface area (Å²) in [4.78, 5) is 7.09. The molecule has 0 saturated heterocycles. The highest BCUT2D eigenvalue weighted by Gasteiger charge is 2.21. The zero-order chi connectivity index (χ0) is 21.4. The Labute approximate surface area is 193 Å². The van der Waals surface area contributed by atoms with Crippen LogP contribution in [0, 0.1) is 0 Å². The molecule has 1 heterocycles.